The molecule has 6 heteroatoms. The second kappa shape index (κ2) is 7.36. The predicted molar refractivity (Wildman–Crippen MR) is 77.2 cm³/mol. The largest absolute Gasteiger partial charge is 0.351 e. The molecule has 17 heavy (non-hydrogen) atoms. The van der Waals surface area contributed by atoms with Gasteiger partial charge in [0, 0.05) is 6.54 Å². The Kier molecular flexibility index (Phi) is 6.48. The van der Waals surface area contributed by atoms with Gasteiger partial charge >= 0.3 is 0 Å². The molecule has 1 aromatic heterocycles. The van der Waals surface area contributed by atoms with Crippen LogP contribution in [-0.4, -0.2) is 25.5 Å². The van der Waals surface area contributed by atoms with E-state index in [0.717, 1.165) is 40.6 Å². The number of nitrogens with one attached hydrogen (secondary N) is 2. The highest BCUT2D eigenvalue weighted by molar-refractivity contribution is 9.11. The lowest BCUT2D eigenvalue weighted by molar-refractivity contribution is 0.0955. The normalized spacial score (nSPS) is 18.8. The highest BCUT2D eigenvalue weighted by atomic mass is 79.9. The fraction of sp³-hybridized carbons (Fsp3) is 0.545. The molecule has 0 aliphatic carbocycles. The van der Waals surface area contributed by atoms with Gasteiger partial charge in [-0.25, -0.2) is 0 Å². The average Bonchev–Trinajstić information content (AvgIpc) is 2.89. The van der Waals surface area contributed by atoms with Crippen LogP contribution in [0, 0.1) is 5.92 Å². The summed E-state index contributed by atoms with van der Waals surface area (Å²) in [5, 5.41) is 6.29. The maximum Gasteiger partial charge on any atom is 0.261 e. The zero-order valence-corrected chi connectivity index (χ0v) is 12.6. The highest BCUT2D eigenvalue weighted by Crippen LogP contribution is 2.21. The third-order valence-electron chi connectivity index (χ3n) is 2.80. The molecule has 2 N–H and O–H groups in total. The number of carbonyl (C=O) groups excluding carboxylic acids is 1. The quantitative estimate of drug-likeness (QED) is 0.885. The van der Waals surface area contributed by atoms with Crippen LogP contribution in [0.5, 0.6) is 0 Å². The van der Waals surface area contributed by atoms with Gasteiger partial charge in [0.05, 0.1) is 8.66 Å². The summed E-state index contributed by atoms with van der Waals surface area (Å²) in [4.78, 5) is 12.5. The summed E-state index contributed by atoms with van der Waals surface area (Å²) < 4.78 is 0.998. The van der Waals surface area contributed by atoms with Crippen molar-refractivity contribution in [1.82, 2.24) is 10.6 Å². The molecule has 1 aliphatic rings. The van der Waals surface area contributed by atoms with Gasteiger partial charge in [-0.05, 0) is 59.9 Å². The number of hydrogen-bond acceptors (Lipinski definition) is 3. The minimum atomic E-state index is 0. The van der Waals surface area contributed by atoms with Gasteiger partial charge in [-0.15, -0.1) is 23.7 Å². The minimum Gasteiger partial charge on any atom is -0.351 e. The van der Waals surface area contributed by atoms with Gasteiger partial charge < -0.3 is 10.6 Å². The Labute approximate surface area is 120 Å². The van der Waals surface area contributed by atoms with Crippen LogP contribution in [-0.2, 0) is 0 Å². The maximum absolute atomic E-state index is 11.7. The number of halogens is 2. The van der Waals surface area contributed by atoms with Crippen LogP contribution in [0.1, 0.15) is 22.5 Å². The number of rotatable bonds is 4. The van der Waals surface area contributed by atoms with Crippen molar-refractivity contribution in [3.8, 4) is 0 Å². The lowest BCUT2D eigenvalue weighted by Crippen LogP contribution is -2.25. The van der Waals surface area contributed by atoms with Crippen molar-refractivity contribution in [3.63, 3.8) is 0 Å². The standard InChI is InChI=1S/C11H15BrN2OS.ClH/c12-10-2-1-9(16-10)11(15)14-6-4-8-3-5-13-7-8;/h1-2,8,13H,3-7H2,(H,14,15);1H. The third-order valence-corrected chi connectivity index (χ3v) is 4.42. The summed E-state index contributed by atoms with van der Waals surface area (Å²) >= 11 is 4.82. The summed E-state index contributed by atoms with van der Waals surface area (Å²) in [5.74, 6) is 0.775. The SMILES string of the molecule is Cl.O=C(NCCC1CCNC1)c1ccc(Br)s1. The van der Waals surface area contributed by atoms with Crippen LogP contribution in [0.25, 0.3) is 0 Å². The molecule has 1 atom stereocenters. The molecule has 1 aromatic rings. The second-order valence-corrected chi connectivity index (χ2v) is 6.47. The van der Waals surface area contributed by atoms with E-state index in [1.54, 1.807) is 0 Å². The number of thiophene rings is 1. The summed E-state index contributed by atoms with van der Waals surface area (Å²) in [6, 6.07) is 3.75. The Morgan fingerprint density at radius 2 is 2.41 bits per heavy atom. The number of hydrogen-bond donors (Lipinski definition) is 2. The Hall–Kier alpha value is -0.100. The van der Waals surface area contributed by atoms with E-state index < -0.39 is 0 Å². The van der Waals surface area contributed by atoms with E-state index in [-0.39, 0.29) is 18.3 Å². The molecule has 2 rings (SSSR count). The molecule has 1 aliphatic heterocycles. The molecule has 1 amide bonds. The van der Waals surface area contributed by atoms with E-state index in [0.29, 0.717) is 0 Å². The summed E-state index contributed by atoms with van der Waals surface area (Å²) in [5.41, 5.74) is 0. The summed E-state index contributed by atoms with van der Waals surface area (Å²) in [7, 11) is 0. The van der Waals surface area contributed by atoms with Crippen molar-refractivity contribution >= 4 is 45.6 Å². The minimum absolute atomic E-state index is 0. The van der Waals surface area contributed by atoms with Gasteiger partial charge in [-0.1, -0.05) is 0 Å². The van der Waals surface area contributed by atoms with Crippen LogP contribution < -0.4 is 10.6 Å². The molecule has 1 saturated heterocycles. The Morgan fingerprint density at radius 3 is 3.00 bits per heavy atom. The van der Waals surface area contributed by atoms with Crippen molar-refractivity contribution in [1.29, 1.82) is 0 Å². The van der Waals surface area contributed by atoms with Crippen LogP contribution in [0.15, 0.2) is 15.9 Å². The first-order valence-corrected chi connectivity index (χ1v) is 7.11. The number of carbonyl (C=O) groups is 1. The first-order chi connectivity index (χ1) is 7.75. The van der Waals surface area contributed by atoms with E-state index in [1.807, 2.05) is 12.1 Å². The molecule has 2 heterocycles. The van der Waals surface area contributed by atoms with E-state index >= 15 is 0 Å². The van der Waals surface area contributed by atoms with Crippen LogP contribution in [0.2, 0.25) is 0 Å². The van der Waals surface area contributed by atoms with Gasteiger partial charge in [-0.2, -0.15) is 0 Å². The van der Waals surface area contributed by atoms with Gasteiger partial charge in [-0.3, -0.25) is 4.79 Å². The van der Waals surface area contributed by atoms with E-state index in [9.17, 15) is 4.79 Å². The van der Waals surface area contributed by atoms with E-state index in [2.05, 4.69) is 26.6 Å². The van der Waals surface area contributed by atoms with E-state index in [4.69, 9.17) is 0 Å². The maximum atomic E-state index is 11.7. The molecule has 1 unspecified atom stereocenters. The topological polar surface area (TPSA) is 41.1 Å². The smallest absolute Gasteiger partial charge is 0.261 e. The molecule has 0 aromatic carbocycles. The molecule has 96 valence electrons. The van der Waals surface area contributed by atoms with Gasteiger partial charge in [0.25, 0.3) is 5.91 Å². The zero-order chi connectivity index (χ0) is 11.4. The van der Waals surface area contributed by atoms with Crippen molar-refractivity contribution in [3.05, 3.63) is 20.8 Å². The average molecular weight is 340 g/mol. The third kappa shape index (κ3) is 4.58. The highest BCUT2D eigenvalue weighted by Gasteiger charge is 2.14. The van der Waals surface area contributed by atoms with Crippen LogP contribution in [0.4, 0.5) is 0 Å². The fourth-order valence-electron chi connectivity index (χ4n) is 1.87. The lowest BCUT2D eigenvalue weighted by Gasteiger charge is -2.08. The summed E-state index contributed by atoms with van der Waals surface area (Å²) in [6.07, 6.45) is 2.31. The first kappa shape index (κ1) is 15.0. The second-order valence-electron chi connectivity index (χ2n) is 4.01. The first-order valence-electron chi connectivity index (χ1n) is 5.50. The van der Waals surface area contributed by atoms with Crippen molar-refractivity contribution in [2.24, 2.45) is 5.92 Å². The Balaban J connectivity index is 0.00000144. The monoisotopic (exact) mass is 338 g/mol. The molecule has 3 nitrogen and oxygen atoms in total. The molecular formula is C11H16BrClN2OS. The molecule has 0 radical (unpaired) electrons. The van der Waals surface area contributed by atoms with Crippen molar-refractivity contribution < 1.29 is 4.79 Å². The molecule has 0 saturated carbocycles. The Morgan fingerprint density at radius 1 is 1.59 bits per heavy atom. The van der Waals surface area contributed by atoms with Crippen LogP contribution in [0.3, 0.4) is 0 Å². The predicted octanol–water partition coefficient (Wildman–Crippen LogP) is 2.66. The van der Waals surface area contributed by atoms with Crippen molar-refractivity contribution in [2.75, 3.05) is 19.6 Å². The van der Waals surface area contributed by atoms with Gasteiger partial charge in [0.15, 0.2) is 0 Å². The zero-order valence-electron chi connectivity index (χ0n) is 9.37. The Bertz CT molecular complexity index is 366. The molecule has 0 spiro atoms. The molecule has 1 fully saturated rings. The van der Waals surface area contributed by atoms with Crippen molar-refractivity contribution in [2.45, 2.75) is 12.8 Å². The van der Waals surface area contributed by atoms with Gasteiger partial charge in [0.2, 0.25) is 0 Å². The fourth-order valence-corrected chi connectivity index (χ4v) is 3.18. The van der Waals surface area contributed by atoms with Crippen LogP contribution >= 0.6 is 39.7 Å². The summed E-state index contributed by atoms with van der Waals surface area (Å²) in [6.45, 7) is 3.00. The molecular weight excluding hydrogens is 324 g/mol. The molecule has 0 bridgehead atoms. The van der Waals surface area contributed by atoms with E-state index in [1.165, 1.54) is 17.8 Å². The van der Waals surface area contributed by atoms with Gasteiger partial charge in [0.1, 0.15) is 0 Å². The lowest BCUT2D eigenvalue weighted by atomic mass is 10.1. The number of amides is 1.